The Bertz CT molecular complexity index is 641. The van der Waals surface area contributed by atoms with Crippen LogP contribution in [0.25, 0.3) is 0 Å². The smallest absolute Gasteiger partial charge is 0.319 e. The van der Waals surface area contributed by atoms with Crippen molar-refractivity contribution in [1.82, 2.24) is 5.32 Å². The molecule has 0 aliphatic carbocycles. The first kappa shape index (κ1) is 16.8. The molecular formula is C18H22N2O3. The lowest BCUT2D eigenvalue weighted by Gasteiger charge is -2.14. The number of aliphatic hydroxyl groups excluding tert-OH is 1. The lowest BCUT2D eigenvalue weighted by molar-refractivity contribution is 0.175. The van der Waals surface area contributed by atoms with Crippen LogP contribution in [0.15, 0.2) is 48.5 Å². The Hall–Kier alpha value is -2.53. The molecule has 0 spiro atoms. The molecule has 0 saturated carbocycles. The van der Waals surface area contributed by atoms with E-state index in [9.17, 15) is 9.90 Å². The Kier molecular flexibility index (Phi) is 6.00. The van der Waals surface area contributed by atoms with Crippen molar-refractivity contribution < 1.29 is 14.6 Å². The molecule has 122 valence electrons. The number of hydrogen-bond donors (Lipinski definition) is 3. The average molecular weight is 314 g/mol. The predicted octanol–water partition coefficient (Wildman–Crippen LogP) is 3.25. The zero-order valence-corrected chi connectivity index (χ0v) is 13.4. The minimum Gasteiger partial charge on any atom is -0.492 e. The molecule has 0 aliphatic heterocycles. The van der Waals surface area contributed by atoms with E-state index >= 15 is 0 Å². The third-order valence-corrected chi connectivity index (χ3v) is 3.35. The van der Waals surface area contributed by atoms with E-state index in [4.69, 9.17) is 4.74 Å². The van der Waals surface area contributed by atoms with Crippen LogP contribution >= 0.6 is 0 Å². The van der Waals surface area contributed by atoms with Gasteiger partial charge in [-0.05, 0) is 31.5 Å². The molecular weight excluding hydrogens is 292 g/mol. The molecule has 3 N–H and O–H groups in total. The number of anilines is 1. The molecule has 0 heterocycles. The minimum absolute atomic E-state index is 0.131. The third kappa shape index (κ3) is 5.00. The summed E-state index contributed by atoms with van der Waals surface area (Å²) >= 11 is 0. The van der Waals surface area contributed by atoms with E-state index in [1.54, 1.807) is 12.1 Å². The van der Waals surface area contributed by atoms with Crippen LogP contribution in [0.1, 0.15) is 24.2 Å². The standard InChI is InChI=1S/C18H22N2O3/c1-3-23-17-7-5-4-6-15(17)20-18(22)19-12-16(21)14-10-8-13(2)9-11-14/h4-11,16,21H,3,12H2,1-2H3,(H2,19,20,22)/t16-/m0/s1. The molecule has 0 fully saturated rings. The van der Waals surface area contributed by atoms with Crippen molar-refractivity contribution in [3.05, 3.63) is 59.7 Å². The fourth-order valence-electron chi connectivity index (χ4n) is 2.11. The van der Waals surface area contributed by atoms with Crippen molar-refractivity contribution in [2.75, 3.05) is 18.5 Å². The highest BCUT2D eigenvalue weighted by atomic mass is 16.5. The molecule has 2 aromatic rings. The van der Waals surface area contributed by atoms with E-state index < -0.39 is 6.10 Å². The molecule has 0 saturated heterocycles. The predicted molar refractivity (Wildman–Crippen MR) is 90.8 cm³/mol. The SMILES string of the molecule is CCOc1ccccc1NC(=O)NC[C@H](O)c1ccc(C)cc1. The van der Waals surface area contributed by atoms with Crippen molar-refractivity contribution in [1.29, 1.82) is 0 Å². The fourth-order valence-corrected chi connectivity index (χ4v) is 2.11. The van der Waals surface area contributed by atoms with E-state index in [2.05, 4.69) is 10.6 Å². The van der Waals surface area contributed by atoms with Gasteiger partial charge in [-0.2, -0.15) is 0 Å². The first-order chi connectivity index (χ1) is 11.1. The van der Waals surface area contributed by atoms with Gasteiger partial charge in [0, 0.05) is 6.54 Å². The van der Waals surface area contributed by atoms with E-state index in [-0.39, 0.29) is 12.6 Å². The molecule has 0 unspecified atom stereocenters. The third-order valence-electron chi connectivity index (χ3n) is 3.35. The number of aliphatic hydroxyl groups is 1. The van der Waals surface area contributed by atoms with Crippen molar-refractivity contribution in [3.8, 4) is 5.75 Å². The second-order valence-electron chi connectivity index (χ2n) is 5.19. The van der Waals surface area contributed by atoms with Crippen LogP contribution in [0, 0.1) is 6.92 Å². The van der Waals surface area contributed by atoms with Crippen LogP contribution in [-0.4, -0.2) is 24.3 Å². The molecule has 1 atom stereocenters. The van der Waals surface area contributed by atoms with Gasteiger partial charge in [0.2, 0.25) is 0 Å². The number of para-hydroxylation sites is 2. The van der Waals surface area contributed by atoms with Crippen molar-refractivity contribution in [2.45, 2.75) is 20.0 Å². The first-order valence-electron chi connectivity index (χ1n) is 7.61. The van der Waals surface area contributed by atoms with Gasteiger partial charge in [-0.3, -0.25) is 0 Å². The van der Waals surface area contributed by atoms with Gasteiger partial charge in [0.25, 0.3) is 0 Å². The van der Waals surface area contributed by atoms with Crippen molar-refractivity contribution in [3.63, 3.8) is 0 Å². The Morgan fingerprint density at radius 3 is 2.57 bits per heavy atom. The number of rotatable bonds is 6. The zero-order valence-electron chi connectivity index (χ0n) is 13.4. The summed E-state index contributed by atoms with van der Waals surface area (Å²) in [4.78, 5) is 12.0. The molecule has 5 nitrogen and oxygen atoms in total. The highest BCUT2D eigenvalue weighted by molar-refractivity contribution is 5.90. The normalized spacial score (nSPS) is 11.6. The Labute approximate surface area is 136 Å². The maximum atomic E-state index is 12.0. The summed E-state index contributed by atoms with van der Waals surface area (Å²) in [5.74, 6) is 0.615. The van der Waals surface area contributed by atoms with Crippen LogP contribution in [0.2, 0.25) is 0 Å². The molecule has 5 heteroatoms. The summed E-state index contributed by atoms with van der Waals surface area (Å²) < 4.78 is 5.45. The second kappa shape index (κ2) is 8.19. The lowest BCUT2D eigenvalue weighted by Crippen LogP contribution is -2.32. The second-order valence-corrected chi connectivity index (χ2v) is 5.19. The molecule has 2 amide bonds. The molecule has 2 aromatic carbocycles. The number of benzene rings is 2. The number of nitrogens with one attached hydrogen (secondary N) is 2. The number of hydrogen-bond acceptors (Lipinski definition) is 3. The van der Waals surface area contributed by atoms with Crippen molar-refractivity contribution in [2.24, 2.45) is 0 Å². The number of carbonyl (C=O) groups is 1. The van der Waals surface area contributed by atoms with E-state index in [0.29, 0.717) is 18.0 Å². The van der Waals surface area contributed by atoms with Crippen LogP contribution in [0.4, 0.5) is 10.5 Å². The molecule has 0 aromatic heterocycles. The molecule has 2 rings (SSSR count). The van der Waals surface area contributed by atoms with Crippen LogP contribution in [0.5, 0.6) is 5.75 Å². The van der Waals surface area contributed by atoms with Gasteiger partial charge in [-0.15, -0.1) is 0 Å². The monoisotopic (exact) mass is 314 g/mol. The number of carbonyl (C=O) groups excluding carboxylic acids is 1. The van der Waals surface area contributed by atoms with Crippen LogP contribution < -0.4 is 15.4 Å². The van der Waals surface area contributed by atoms with E-state index in [1.807, 2.05) is 50.2 Å². The minimum atomic E-state index is -0.747. The Balaban J connectivity index is 1.89. The summed E-state index contributed by atoms with van der Waals surface area (Å²) in [5, 5.41) is 15.5. The molecule has 0 radical (unpaired) electrons. The molecule has 0 aliphatic rings. The van der Waals surface area contributed by atoms with E-state index in [1.165, 1.54) is 0 Å². The van der Waals surface area contributed by atoms with Gasteiger partial charge in [-0.1, -0.05) is 42.0 Å². The fraction of sp³-hybridized carbons (Fsp3) is 0.278. The highest BCUT2D eigenvalue weighted by Crippen LogP contribution is 2.23. The number of urea groups is 1. The zero-order chi connectivity index (χ0) is 16.7. The average Bonchev–Trinajstić information content (AvgIpc) is 2.55. The first-order valence-corrected chi connectivity index (χ1v) is 7.61. The maximum absolute atomic E-state index is 12.0. The van der Waals surface area contributed by atoms with Gasteiger partial charge < -0.3 is 20.5 Å². The number of ether oxygens (including phenoxy) is 1. The Morgan fingerprint density at radius 2 is 1.87 bits per heavy atom. The summed E-state index contributed by atoms with van der Waals surface area (Å²) in [6, 6.07) is 14.4. The quantitative estimate of drug-likeness (QED) is 0.766. The van der Waals surface area contributed by atoms with Gasteiger partial charge in [0.05, 0.1) is 18.4 Å². The van der Waals surface area contributed by atoms with Crippen LogP contribution in [-0.2, 0) is 0 Å². The Morgan fingerprint density at radius 1 is 1.17 bits per heavy atom. The topological polar surface area (TPSA) is 70.6 Å². The lowest BCUT2D eigenvalue weighted by atomic mass is 10.1. The summed E-state index contributed by atoms with van der Waals surface area (Å²) in [6.45, 7) is 4.52. The number of amides is 2. The van der Waals surface area contributed by atoms with Crippen molar-refractivity contribution >= 4 is 11.7 Å². The summed E-state index contributed by atoms with van der Waals surface area (Å²) in [7, 11) is 0. The molecule has 0 bridgehead atoms. The number of aryl methyl sites for hydroxylation is 1. The largest absolute Gasteiger partial charge is 0.492 e. The van der Waals surface area contributed by atoms with Gasteiger partial charge in [0.15, 0.2) is 0 Å². The highest BCUT2D eigenvalue weighted by Gasteiger charge is 2.11. The van der Waals surface area contributed by atoms with Crippen LogP contribution in [0.3, 0.4) is 0 Å². The summed E-state index contributed by atoms with van der Waals surface area (Å²) in [6.07, 6.45) is -0.747. The van der Waals surface area contributed by atoms with Gasteiger partial charge in [-0.25, -0.2) is 4.79 Å². The summed E-state index contributed by atoms with van der Waals surface area (Å²) in [5.41, 5.74) is 2.49. The van der Waals surface area contributed by atoms with E-state index in [0.717, 1.165) is 11.1 Å². The molecule has 23 heavy (non-hydrogen) atoms. The van der Waals surface area contributed by atoms with Gasteiger partial charge >= 0.3 is 6.03 Å². The van der Waals surface area contributed by atoms with Gasteiger partial charge in [0.1, 0.15) is 5.75 Å². The maximum Gasteiger partial charge on any atom is 0.319 e.